The first kappa shape index (κ1) is 22.3. The number of piperazine rings is 1. The van der Waals surface area contributed by atoms with E-state index in [-0.39, 0.29) is 0 Å². The van der Waals surface area contributed by atoms with Gasteiger partial charge in [0, 0.05) is 38.3 Å². The molecule has 1 aliphatic rings. The van der Waals surface area contributed by atoms with Crippen molar-refractivity contribution in [3.63, 3.8) is 0 Å². The molecule has 0 spiro atoms. The van der Waals surface area contributed by atoms with Crippen molar-refractivity contribution in [1.29, 1.82) is 0 Å². The van der Waals surface area contributed by atoms with Crippen LogP contribution in [0.3, 0.4) is 0 Å². The first-order valence-electron chi connectivity index (χ1n) is 10.4. The molecule has 31 heavy (non-hydrogen) atoms. The average Bonchev–Trinajstić information content (AvgIpc) is 3.15. The van der Waals surface area contributed by atoms with Gasteiger partial charge in [0.15, 0.2) is 5.75 Å². The van der Waals surface area contributed by atoms with E-state index in [9.17, 15) is 0 Å². The van der Waals surface area contributed by atoms with Gasteiger partial charge in [0.2, 0.25) is 0 Å². The number of nitrogens with zero attached hydrogens (tertiary/aromatic N) is 3. The fraction of sp³-hybridized carbons (Fsp3) is 0.391. The van der Waals surface area contributed by atoms with Crippen LogP contribution in [0.4, 0.5) is 5.82 Å². The predicted octanol–water partition coefficient (Wildman–Crippen LogP) is 5.93. The van der Waals surface area contributed by atoms with Crippen molar-refractivity contribution in [3.05, 3.63) is 56.1 Å². The van der Waals surface area contributed by atoms with Gasteiger partial charge in [-0.3, -0.25) is 0 Å². The van der Waals surface area contributed by atoms with Crippen LogP contribution >= 0.6 is 34.5 Å². The summed E-state index contributed by atoms with van der Waals surface area (Å²) < 4.78 is 6.02. The molecule has 3 heterocycles. The van der Waals surface area contributed by atoms with Gasteiger partial charge < -0.3 is 15.0 Å². The molecular weight excluding hydrogens is 451 g/mol. The van der Waals surface area contributed by atoms with Gasteiger partial charge in [-0.05, 0) is 42.3 Å². The summed E-state index contributed by atoms with van der Waals surface area (Å²) in [5.41, 5.74) is 2.96. The third-order valence-corrected chi connectivity index (χ3v) is 7.26. The number of benzene rings is 1. The molecule has 5 nitrogen and oxygen atoms in total. The largest absolute Gasteiger partial charge is 0.485 e. The van der Waals surface area contributed by atoms with E-state index in [0.29, 0.717) is 28.3 Å². The van der Waals surface area contributed by atoms with Crippen molar-refractivity contribution in [2.45, 2.75) is 33.3 Å². The summed E-state index contributed by atoms with van der Waals surface area (Å²) in [4.78, 5) is 12.5. The van der Waals surface area contributed by atoms with Crippen molar-refractivity contribution in [2.75, 3.05) is 31.1 Å². The van der Waals surface area contributed by atoms with Crippen LogP contribution in [0.15, 0.2) is 30.5 Å². The van der Waals surface area contributed by atoms with E-state index in [1.54, 1.807) is 11.3 Å². The van der Waals surface area contributed by atoms with Crippen LogP contribution in [0, 0.1) is 6.92 Å². The molecule has 1 fully saturated rings. The van der Waals surface area contributed by atoms with E-state index < -0.39 is 0 Å². The van der Waals surface area contributed by atoms with Crippen LogP contribution in [0.2, 0.25) is 10.0 Å². The summed E-state index contributed by atoms with van der Waals surface area (Å²) in [6, 6.07) is 7.86. The molecule has 3 aromatic rings. The van der Waals surface area contributed by atoms with Gasteiger partial charge >= 0.3 is 0 Å². The van der Waals surface area contributed by atoms with Gasteiger partial charge in [-0.15, -0.1) is 11.3 Å². The van der Waals surface area contributed by atoms with E-state index in [2.05, 4.69) is 40.1 Å². The van der Waals surface area contributed by atoms with E-state index in [4.69, 9.17) is 27.9 Å². The van der Waals surface area contributed by atoms with Gasteiger partial charge in [0.05, 0.1) is 25.6 Å². The molecule has 1 saturated heterocycles. The number of hydrogen-bond donors (Lipinski definition) is 1. The van der Waals surface area contributed by atoms with Crippen molar-refractivity contribution in [1.82, 2.24) is 15.3 Å². The average molecular weight is 477 g/mol. The maximum atomic E-state index is 6.58. The molecule has 4 rings (SSSR count). The fourth-order valence-electron chi connectivity index (χ4n) is 3.50. The zero-order valence-electron chi connectivity index (χ0n) is 17.9. The molecule has 2 aromatic heterocycles. The second-order valence-electron chi connectivity index (χ2n) is 7.91. The van der Waals surface area contributed by atoms with Gasteiger partial charge in [-0.25, -0.2) is 9.97 Å². The summed E-state index contributed by atoms with van der Waals surface area (Å²) in [6.45, 7) is 10.5. The maximum absolute atomic E-state index is 6.58. The zero-order valence-corrected chi connectivity index (χ0v) is 20.2. The Hall–Kier alpha value is -1.86. The Morgan fingerprint density at radius 3 is 2.48 bits per heavy atom. The molecule has 1 N–H and O–H groups in total. The Morgan fingerprint density at radius 2 is 1.84 bits per heavy atom. The van der Waals surface area contributed by atoms with E-state index in [1.807, 2.05) is 31.3 Å². The smallest absolute Gasteiger partial charge is 0.157 e. The monoisotopic (exact) mass is 476 g/mol. The molecule has 164 valence electrons. The number of halogens is 2. The molecule has 0 saturated carbocycles. The Morgan fingerprint density at radius 1 is 1.13 bits per heavy atom. The van der Waals surface area contributed by atoms with Crippen LogP contribution in [0.5, 0.6) is 5.75 Å². The highest BCUT2D eigenvalue weighted by molar-refractivity contribution is 7.11. The summed E-state index contributed by atoms with van der Waals surface area (Å²) >= 11 is 14.8. The SMILES string of the molecule is Cc1nc(C(C)C)sc1COc1c(Cl)cc(-c2ccnc(N3CCNCC3)c2)cc1Cl. The number of thiazole rings is 1. The minimum Gasteiger partial charge on any atom is -0.485 e. The van der Waals surface area contributed by atoms with Crippen LogP contribution < -0.4 is 15.0 Å². The van der Waals surface area contributed by atoms with Crippen molar-refractivity contribution in [2.24, 2.45) is 0 Å². The lowest BCUT2D eigenvalue weighted by atomic mass is 10.1. The quantitative estimate of drug-likeness (QED) is 0.477. The van der Waals surface area contributed by atoms with Crippen molar-refractivity contribution in [3.8, 4) is 16.9 Å². The second kappa shape index (κ2) is 9.74. The maximum Gasteiger partial charge on any atom is 0.157 e. The highest BCUT2D eigenvalue weighted by Crippen LogP contribution is 2.39. The van der Waals surface area contributed by atoms with Crippen LogP contribution in [-0.4, -0.2) is 36.1 Å². The Kier molecular flexibility index (Phi) is 7.02. The number of anilines is 1. The lowest BCUT2D eigenvalue weighted by molar-refractivity contribution is 0.309. The molecular formula is C23H26Cl2N4OS. The Labute approximate surface area is 197 Å². The molecule has 0 radical (unpaired) electrons. The van der Waals surface area contributed by atoms with Gasteiger partial charge in [-0.2, -0.15) is 0 Å². The molecule has 0 unspecified atom stereocenters. The fourth-order valence-corrected chi connectivity index (χ4v) is 5.08. The summed E-state index contributed by atoms with van der Waals surface area (Å²) in [6.07, 6.45) is 1.83. The van der Waals surface area contributed by atoms with E-state index >= 15 is 0 Å². The van der Waals surface area contributed by atoms with Crippen LogP contribution in [0.1, 0.15) is 35.3 Å². The Bertz CT molecular complexity index is 1040. The highest BCUT2D eigenvalue weighted by atomic mass is 35.5. The predicted molar refractivity (Wildman–Crippen MR) is 130 cm³/mol. The number of rotatable bonds is 6. The molecule has 1 aliphatic heterocycles. The van der Waals surface area contributed by atoms with Gasteiger partial charge in [0.25, 0.3) is 0 Å². The van der Waals surface area contributed by atoms with Crippen molar-refractivity contribution < 1.29 is 4.74 Å². The first-order valence-corrected chi connectivity index (χ1v) is 12.0. The summed E-state index contributed by atoms with van der Waals surface area (Å²) in [5, 5.41) is 5.47. The molecule has 8 heteroatoms. The molecule has 0 amide bonds. The standard InChI is InChI=1S/C23H26Cl2N4OS/c1-14(2)23-28-15(3)20(31-23)13-30-22-18(24)10-17(11-19(22)25)16-4-5-27-21(12-16)29-8-6-26-7-9-29/h4-5,10-12,14,26H,6-9,13H2,1-3H3. The number of pyridine rings is 1. The lowest BCUT2D eigenvalue weighted by Gasteiger charge is -2.28. The number of aryl methyl sites for hydroxylation is 1. The van der Waals surface area contributed by atoms with Crippen LogP contribution in [-0.2, 0) is 6.61 Å². The normalized spacial score (nSPS) is 14.3. The number of ether oxygens (including phenoxy) is 1. The van der Waals surface area contributed by atoms with Gasteiger partial charge in [-0.1, -0.05) is 37.0 Å². The lowest BCUT2D eigenvalue weighted by Crippen LogP contribution is -2.43. The zero-order chi connectivity index (χ0) is 22.0. The second-order valence-corrected chi connectivity index (χ2v) is 9.84. The van der Waals surface area contributed by atoms with Crippen molar-refractivity contribution >= 4 is 40.4 Å². The van der Waals surface area contributed by atoms with E-state index in [0.717, 1.165) is 58.7 Å². The summed E-state index contributed by atoms with van der Waals surface area (Å²) in [5.74, 6) is 1.87. The van der Waals surface area contributed by atoms with E-state index in [1.165, 1.54) is 0 Å². The molecule has 0 atom stereocenters. The highest BCUT2D eigenvalue weighted by Gasteiger charge is 2.16. The van der Waals surface area contributed by atoms with Crippen LogP contribution in [0.25, 0.3) is 11.1 Å². The topological polar surface area (TPSA) is 50.3 Å². The number of nitrogens with one attached hydrogen (secondary N) is 1. The first-order chi connectivity index (χ1) is 14.9. The number of hydrogen-bond acceptors (Lipinski definition) is 6. The third kappa shape index (κ3) is 5.14. The third-order valence-electron chi connectivity index (χ3n) is 5.27. The number of aromatic nitrogens is 2. The summed E-state index contributed by atoms with van der Waals surface area (Å²) in [7, 11) is 0. The Balaban J connectivity index is 1.53. The molecule has 1 aromatic carbocycles. The minimum atomic E-state index is 0.398. The molecule has 0 bridgehead atoms. The molecule has 0 aliphatic carbocycles. The van der Waals surface area contributed by atoms with Gasteiger partial charge in [0.1, 0.15) is 12.4 Å². The minimum absolute atomic E-state index is 0.398.